The van der Waals surface area contributed by atoms with Gasteiger partial charge >= 0.3 is 6.02 Å². The highest BCUT2D eigenvalue weighted by molar-refractivity contribution is 5.80. The quantitative estimate of drug-likeness (QED) is 0.695. The number of ether oxygens (including phenoxy) is 1. The first-order chi connectivity index (χ1) is 12.9. The number of hydrogen-bond donors (Lipinski definition) is 1. The second-order valence-corrected chi connectivity index (χ2v) is 7.10. The molecule has 138 valence electrons. The van der Waals surface area contributed by atoms with Gasteiger partial charge in [0.1, 0.15) is 24.1 Å². The summed E-state index contributed by atoms with van der Waals surface area (Å²) in [5.41, 5.74) is 2.01. The van der Waals surface area contributed by atoms with Crippen LogP contribution in [-0.4, -0.2) is 48.8 Å². The van der Waals surface area contributed by atoms with E-state index >= 15 is 0 Å². The van der Waals surface area contributed by atoms with Crippen LogP contribution in [0.15, 0.2) is 21.4 Å². The van der Waals surface area contributed by atoms with Gasteiger partial charge in [-0.1, -0.05) is 20.8 Å². The number of aliphatic imine (C=N–C) groups is 1. The van der Waals surface area contributed by atoms with Crippen LogP contribution in [0.1, 0.15) is 37.9 Å². The Morgan fingerprint density at radius 3 is 2.81 bits per heavy atom. The van der Waals surface area contributed by atoms with Crippen molar-refractivity contribution < 1.29 is 4.74 Å². The molecule has 0 saturated heterocycles. The van der Waals surface area contributed by atoms with E-state index in [9.17, 15) is 5.26 Å². The van der Waals surface area contributed by atoms with Crippen molar-refractivity contribution in [1.29, 1.82) is 5.26 Å². The normalized spacial score (nSPS) is 14.7. The van der Waals surface area contributed by atoms with Crippen molar-refractivity contribution in [3.05, 3.63) is 23.3 Å². The molecular weight excluding hydrogens is 348 g/mol. The number of nitrogens with zero attached hydrogens (tertiary/aromatic N) is 9. The van der Waals surface area contributed by atoms with E-state index in [1.165, 1.54) is 10.9 Å². The Morgan fingerprint density at radius 2 is 2.15 bits per heavy atom. The maximum Gasteiger partial charge on any atom is 0.315 e. The van der Waals surface area contributed by atoms with Crippen LogP contribution in [0.2, 0.25) is 0 Å². The molecule has 1 aliphatic heterocycles. The molecule has 3 aromatic heterocycles. The first-order valence-corrected chi connectivity index (χ1v) is 8.42. The van der Waals surface area contributed by atoms with Crippen LogP contribution in [-0.2, 0) is 10.2 Å². The van der Waals surface area contributed by atoms with Crippen molar-refractivity contribution in [2.45, 2.75) is 33.1 Å². The summed E-state index contributed by atoms with van der Waals surface area (Å²) in [4.78, 5) is 8.64. The monoisotopic (exact) mass is 366 g/mol. The molecule has 0 fully saturated rings. The molecule has 1 aliphatic rings. The van der Waals surface area contributed by atoms with E-state index in [0.717, 1.165) is 5.69 Å². The maximum absolute atomic E-state index is 9.37. The van der Waals surface area contributed by atoms with Crippen molar-refractivity contribution in [3.63, 3.8) is 0 Å². The third kappa shape index (κ3) is 2.84. The highest BCUT2D eigenvalue weighted by Gasteiger charge is 2.26. The van der Waals surface area contributed by atoms with Crippen LogP contribution in [0.25, 0.3) is 5.65 Å². The Balaban J connectivity index is 1.84. The standard InChI is InChI=1S/C16H18N10O/c1-9-20-14-11(12(16(2,3)4)24-26(14)23-9)21-22-13-10(7-17)8-19-25(13)15-18-5-6-27-15/h8,24H,5-6H2,1-4H3. The third-order valence-corrected chi connectivity index (χ3v) is 3.99. The van der Waals surface area contributed by atoms with Gasteiger partial charge in [0.2, 0.25) is 11.5 Å². The van der Waals surface area contributed by atoms with Crippen LogP contribution < -0.4 is 0 Å². The Morgan fingerprint density at radius 1 is 1.33 bits per heavy atom. The minimum Gasteiger partial charge on any atom is -0.462 e. The molecule has 0 unspecified atom stereocenters. The van der Waals surface area contributed by atoms with E-state index in [1.54, 1.807) is 11.6 Å². The minimum absolute atomic E-state index is 0.235. The largest absolute Gasteiger partial charge is 0.462 e. The first kappa shape index (κ1) is 16.9. The molecule has 0 saturated carbocycles. The average Bonchev–Trinajstić information content (AvgIpc) is 3.34. The van der Waals surface area contributed by atoms with Crippen LogP contribution in [0.3, 0.4) is 0 Å². The zero-order valence-electron chi connectivity index (χ0n) is 15.4. The molecule has 4 rings (SSSR count). The number of H-pyrrole nitrogens is 1. The number of nitriles is 1. The van der Waals surface area contributed by atoms with Gasteiger partial charge in [0, 0.05) is 5.41 Å². The molecule has 0 aliphatic carbocycles. The average molecular weight is 366 g/mol. The van der Waals surface area contributed by atoms with E-state index in [2.05, 4.69) is 62.3 Å². The SMILES string of the molecule is Cc1nc2c(N=Nc3c(C#N)cnn3C3=NCCO3)c(C(C)(C)C)[nH]n2n1. The van der Waals surface area contributed by atoms with Gasteiger partial charge in [0.15, 0.2) is 5.69 Å². The lowest BCUT2D eigenvalue weighted by Crippen LogP contribution is -2.13. The highest BCUT2D eigenvalue weighted by atomic mass is 16.5. The summed E-state index contributed by atoms with van der Waals surface area (Å²) >= 11 is 0. The molecule has 11 nitrogen and oxygen atoms in total. The summed E-state index contributed by atoms with van der Waals surface area (Å²) in [7, 11) is 0. The predicted octanol–water partition coefficient (Wildman–Crippen LogP) is 2.38. The van der Waals surface area contributed by atoms with Gasteiger partial charge in [-0.15, -0.1) is 15.3 Å². The fourth-order valence-electron chi connectivity index (χ4n) is 2.74. The van der Waals surface area contributed by atoms with Gasteiger partial charge in [-0.3, -0.25) is 5.10 Å². The predicted molar refractivity (Wildman–Crippen MR) is 95.5 cm³/mol. The molecule has 0 bridgehead atoms. The lowest BCUT2D eigenvalue weighted by molar-refractivity contribution is 0.330. The third-order valence-electron chi connectivity index (χ3n) is 3.99. The molecule has 4 heterocycles. The molecule has 0 aromatic carbocycles. The molecule has 0 atom stereocenters. The molecule has 0 radical (unpaired) electrons. The minimum atomic E-state index is -0.235. The zero-order valence-corrected chi connectivity index (χ0v) is 15.4. The van der Waals surface area contributed by atoms with Gasteiger partial charge in [-0.25, -0.2) is 9.98 Å². The fourth-order valence-corrected chi connectivity index (χ4v) is 2.74. The molecule has 3 aromatic rings. The topological polar surface area (TPSA) is 134 Å². The van der Waals surface area contributed by atoms with Crippen molar-refractivity contribution >= 4 is 23.2 Å². The van der Waals surface area contributed by atoms with E-state index < -0.39 is 0 Å². The van der Waals surface area contributed by atoms with E-state index in [0.29, 0.717) is 36.3 Å². The smallest absolute Gasteiger partial charge is 0.315 e. The second kappa shape index (κ2) is 6.01. The van der Waals surface area contributed by atoms with Crippen LogP contribution in [0.5, 0.6) is 0 Å². The molecular formula is C16H18N10O. The molecule has 0 spiro atoms. The number of fused-ring (bicyclic) bond motifs is 1. The van der Waals surface area contributed by atoms with Gasteiger partial charge in [0.25, 0.3) is 0 Å². The van der Waals surface area contributed by atoms with Gasteiger partial charge in [-0.05, 0) is 6.92 Å². The van der Waals surface area contributed by atoms with Crippen molar-refractivity contribution in [1.82, 2.24) is 29.6 Å². The Kier molecular flexibility index (Phi) is 3.76. The number of aromatic nitrogens is 6. The lowest BCUT2D eigenvalue weighted by atomic mass is 9.91. The number of rotatable bonds is 2. The van der Waals surface area contributed by atoms with Gasteiger partial charge in [-0.2, -0.15) is 19.7 Å². The van der Waals surface area contributed by atoms with Crippen molar-refractivity contribution in [3.8, 4) is 6.07 Å². The zero-order chi connectivity index (χ0) is 19.2. The summed E-state index contributed by atoms with van der Waals surface area (Å²) < 4.78 is 8.39. The van der Waals surface area contributed by atoms with E-state index in [1.807, 2.05) is 0 Å². The number of hydrogen-bond acceptors (Lipinski definition) is 8. The number of azo groups is 1. The Bertz CT molecular complexity index is 1110. The summed E-state index contributed by atoms with van der Waals surface area (Å²) in [5.74, 6) is 0.878. The maximum atomic E-state index is 9.37. The van der Waals surface area contributed by atoms with Crippen LogP contribution in [0.4, 0.5) is 11.5 Å². The summed E-state index contributed by atoms with van der Waals surface area (Å²) in [5, 5.41) is 29.7. The summed E-state index contributed by atoms with van der Waals surface area (Å²) in [6.45, 7) is 8.97. The number of aryl methyl sites for hydroxylation is 1. The molecule has 11 heteroatoms. The van der Waals surface area contributed by atoms with Crippen LogP contribution in [0, 0.1) is 18.3 Å². The van der Waals surface area contributed by atoms with E-state index in [4.69, 9.17) is 4.74 Å². The van der Waals surface area contributed by atoms with Crippen molar-refractivity contribution in [2.75, 3.05) is 13.2 Å². The Labute approximate surface area is 154 Å². The van der Waals surface area contributed by atoms with Gasteiger partial charge in [0.05, 0.1) is 18.4 Å². The summed E-state index contributed by atoms with van der Waals surface area (Å²) in [6.07, 6.45) is 1.41. The fraction of sp³-hybridized carbons (Fsp3) is 0.438. The highest BCUT2D eigenvalue weighted by Crippen LogP contribution is 2.35. The molecule has 1 N–H and O–H groups in total. The number of aromatic amines is 1. The lowest BCUT2D eigenvalue weighted by Gasteiger charge is -2.16. The molecule has 27 heavy (non-hydrogen) atoms. The first-order valence-electron chi connectivity index (χ1n) is 8.42. The van der Waals surface area contributed by atoms with Crippen LogP contribution >= 0.6 is 0 Å². The van der Waals surface area contributed by atoms with Crippen molar-refractivity contribution in [2.24, 2.45) is 15.2 Å². The number of nitrogens with one attached hydrogen (secondary N) is 1. The van der Waals surface area contributed by atoms with E-state index in [-0.39, 0.29) is 16.8 Å². The Hall–Kier alpha value is -3.55. The van der Waals surface area contributed by atoms with Gasteiger partial charge < -0.3 is 4.74 Å². The summed E-state index contributed by atoms with van der Waals surface area (Å²) in [6, 6.07) is 2.37. The second-order valence-electron chi connectivity index (χ2n) is 7.10. The molecule has 0 amide bonds.